The van der Waals surface area contributed by atoms with Gasteiger partial charge in [-0.1, -0.05) is 48.5 Å². The van der Waals surface area contributed by atoms with Gasteiger partial charge in [-0.2, -0.15) is 0 Å². The first-order valence-corrected chi connectivity index (χ1v) is 8.91. The maximum atomic E-state index is 9.90. The Morgan fingerprint density at radius 1 is 0.963 bits per heavy atom. The molecule has 0 amide bonds. The fourth-order valence-corrected chi connectivity index (χ4v) is 3.25. The summed E-state index contributed by atoms with van der Waals surface area (Å²) in [6.07, 6.45) is -0.511. The molecule has 1 heterocycles. The molecule has 0 aliphatic rings. The third-order valence-corrected chi connectivity index (χ3v) is 4.72. The Kier molecular flexibility index (Phi) is 4.60. The zero-order chi connectivity index (χ0) is 18.8. The summed E-state index contributed by atoms with van der Waals surface area (Å²) in [7, 11) is 2.03. The Morgan fingerprint density at radius 3 is 2.56 bits per heavy atom. The summed E-state index contributed by atoms with van der Waals surface area (Å²) >= 11 is 0. The molecule has 0 bridgehead atoms. The van der Waals surface area contributed by atoms with E-state index < -0.39 is 6.10 Å². The average molecular weight is 359 g/mol. The average Bonchev–Trinajstić information content (AvgIpc) is 3.16. The second-order valence-corrected chi connectivity index (χ2v) is 6.77. The fraction of sp³-hybridized carbons (Fsp3) is 0.182. The first-order chi connectivity index (χ1) is 13.1. The molecular formula is C22H21N3O2. The summed E-state index contributed by atoms with van der Waals surface area (Å²) in [6.45, 7) is 2.52. The third-order valence-electron chi connectivity index (χ3n) is 4.72. The number of nitrogens with zero attached hydrogens (tertiary/aromatic N) is 3. The van der Waals surface area contributed by atoms with E-state index in [4.69, 9.17) is 4.63 Å². The van der Waals surface area contributed by atoms with Crippen molar-refractivity contribution in [1.82, 2.24) is 10.3 Å². The molecule has 1 atom stereocenters. The summed E-state index contributed by atoms with van der Waals surface area (Å²) in [4.78, 5) is 2.14. The van der Waals surface area contributed by atoms with Crippen LogP contribution in [0.2, 0.25) is 0 Å². The van der Waals surface area contributed by atoms with Crippen LogP contribution >= 0.6 is 0 Å². The molecule has 27 heavy (non-hydrogen) atoms. The van der Waals surface area contributed by atoms with Crippen LogP contribution in [0.15, 0.2) is 71.4 Å². The predicted molar refractivity (Wildman–Crippen MR) is 106 cm³/mol. The van der Waals surface area contributed by atoms with Crippen molar-refractivity contribution in [1.29, 1.82) is 0 Å². The Morgan fingerprint density at radius 2 is 1.78 bits per heavy atom. The van der Waals surface area contributed by atoms with Crippen LogP contribution in [0.4, 0.5) is 5.69 Å². The molecule has 1 N–H and O–H groups in total. The number of benzene rings is 3. The quantitative estimate of drug-likeness (QED) is 0.565. The molecule has 0 saturated carbocycles. The molecule has 4 rings (SSSR count). The normalized spacial score (nSPS) is 12.3. The molecule has 1 unspecified atom stereocenters. The summed E-state index contributed by atoms with van der Waals surface area (Å²) in [6, 6.07) is 22.3. The topological polar surface area (TPSA) is 62.4 Å². The summed E-state index contributed by atoms with van der Waals surface area (Å²) in [5.41, 5.74) is 6.53. The Bertz CT molecular complexity index is 1060. The molecule has 0 aliphatic carbocycles. The van der Waals surface area contributed by atoms with Gasteiger partial charge in [-0.25, -0.2) is 4.63 Å². The van der Waals surface area contributed by atoms with Crippen LogP contribution in [0, 0.1) is 0 Å². The number of fused-ring (bicyclic) bond motifs is 1. The minimum absolute atomic E-state index is 0.511. The van der Waals surface area contributed by atoms with Crippen LogP contribution in [0.25, 0.3) is 22.2 Å². The van der Waals surface area contributed by atoms with Crippen LogP contribution in [0.5, 0.6) is 0 Å². The van der Waals surface area contributed by atoms with E-state index >= 15 is 0 Å². The van der Waals surface area contributed by atoms with Gasteiger partial charge in [-0.3, -0.25) is 0 Å². The monoisotopic (exact) mass is 359 g/mol. The maximum Gasteiger partial charge on any atom is 0.158 e. The number of hydrogen-bond acceptors (Lipinski definition) is 5. The second-order valence-electron chi connectivity index (χ2n) is 6.77. The lowest BCUT2D eigenvalue weighted by atomic mass is 9.99. The van der Waals surface area contributed by atoms with Crippen molar-refractivity contribution in [2.75, 3.05) is 11.9 Å². The van der Waals surface area contributed by atoms with E-state index in [0.717, 1.165) is 34.4 Å². The zero-order valence-corrected chi connectivity index (χ0v) is 15.3. The Hall–Kier alpha value is -3.18. The highest BCUT2D eigenvalue weighted by Gasteiger charge is 2.15. The molecule has 0 aliphatic heterocycles. The number of aliphatic hydroxyl groups is 1. The number of anilines is 1. The molecule has 0 fully saturated rings. The molecule has 4 aromatic rings. The van der Waals surface area contributed by atoms with Gasteiger partial charge in [-0.05, 0) is 57.7 Å². The van der Waals surface area contributed by atoms with Gasteiger partial charge in [-0.15, -0.1) is 0 Å². The summed E-state index contributed by atoms with van der Waals surface area (Å²) < 4.78 is 4.99. The van der Waals surface area contributed by atoms with Crippen LogP contribution in [-0.4, -0.2) is 22.5 Å². The van der Waals surface area contributed by atoms with Crippen LogP contribution < -0.4 is 4.90 Å². The lowest BCUT2D eigenvalue weighted by molar-refractivity contribution is 0.199. The molecule has 1 aromatic heterocycles. The minimum Gasteiger partial charge on any atom is -0.389 e. The Labute approximate surface area is 157 Å². The smallest absolute Gasteiger partial charge is 0.158 e. The van der Waals surface area contributed by atoms with Gasteiger partial charge in [0.05, 0.1) is 11.8 Å². The van der Waals surface area contributed by atoms with Crippen molar-refractivity contribution in [3.8, 4) is 11.1 Å². The van der Waals surface area contributed by atoms with E-state index in [1.807, 2.05) is 55.6 Å². The van der Waals surface area contributed by atoms with Crippen LogP contribution in [0.3, 0.4) is 0 Å². The highest BCUT2D eigenvalue weighted by Crippen LogP contribution is 2.32. The van der Waals surface area contributed by atoms with Gasteiger partial charge in [0.2, 0.25) is 0 Å². The Balaban J connectivity index is 1.77. The minimum atomic E-state index is -0.511. The van der Waals surface area contributed by atoms with Crippen molar-refractivity contribution >= 4 is 16.7 Å². The van der Waals surface area contributed by atoms with E-state index in [-0.39, 0.29) is 0 Å². The van der Waals surface area contributed by atoms with E-state index in [1.165, 1.54) is 5.56 Å². The lowest BCUT2D eigenvalue weighted by Crippen LogP contribution is -2.16. The van der Waals surface area contributed by atoms with E-state index in [0.29, 0.717) is 5.52 Å². The first-order valence-electron chi connectivity index (χ1n) is 8.91. The molecular weight excluding hydrogens is 338 g/mol. The molecule has 136 valence electrons. The third kappa shape index (κ3) is 3.55. The lowest BCUT2D eigenvalue weighted by Gasteiger charge is -2.20. The first kappa shape index (κ1) is 17.2. The van der Waals surface area contributed by atoms with Crippen molar-refractivity contribution in [2.24, 2.45) is 0 Å². The molecule has 3 aromatic carbocycles. The fourth-order valence-electron chi connectivity index (χ4n) is 3.25. The van der Waals surface area contributed by atoms with Crippen LogP contribution in [-0.2, 0) is 6.54 Å². The van der Waals surface area contributed by atoms with Gasteiger partial charge in [0.1, 0.15) is 5.52 Å². The van der Waals surface area contributed by atoms with Gasteiger partial charge in [0, 0.05) is 13.6 Å². The van der Waals surface area contributed by atoms with Crippen LogP contribution in [0.1, 0.15) is 24.2 Å². The zero-order valence-electron chi connectivity index (χ0n) is 15.3. The van der Waals surface area contributed by atoms with Gasteiger partial charge >= 0.3 is 0 Å². The van der Waals surface area contributed by atoms with Gasteiger partial charge in [0.25, 0.3) is 0 Å². The van der Waals surface area contributed by atoms with E-state index in [1.54, 1.807) is 6.92 Å². The number of aromatic nitrogens is 2. The number of aliphatic hydroxyl groups excluding tert-OH is 1. The molecule has 0 spiro atoms. The summed E-state index contributed by atoms with van der Waals surface area (Å²) in [5, 5.41) is 18.0. The van der Waals surface area contributed by atoms with E-state index in [2.05, 4.69) is 33.4 Å². The van der Waals surface area contributed by atoms with Crippen molar-refractivity contribution in [3.05, 3.63) is 77.9 Å². The highest BCUT2D eigenvalue weighted by atomic mass is 16.6. The van der Waals surface area contributed by atoms with Gasteiger partial charge in [0.15, 0.2) is 5.52 Å². The predicted octanol–water partition coefficient (Wildman–Crippen LogP) is 4.58. The second kappa shape index (κ2) is 7.21. The standard InChI is InChI=1S/C22H21N3O2/c1-15(26)17-9-6-10-18(11-17)19-12-20-22(24-27-23-20)21(13-19)25(2)14-16-7-4-3-5-8-16/h3-13,15,26H,14H2,1-2H3. The van der Waals surface area contributed by atoms with Gasteiger partial charge < -0.3 is 10.0 Å². The van der Waals surface area contributed by atoms with Crippen molar-refractivity contribution in [3.63, 3.8) is 0 Å². The number of hydrogen-bond donors (Lipinski definition) is 1. The van der Waals surface area contributed by atoms with Crippen molar-refractivity contribution < 1.29 is 9.74 Å². The summed E-state index contributed by atoms with van der Waals surface area (Å²) in [5.74, 6) is 0. The molecule has 5 nitrogen and oxygen atoms in total. The highest BCUT2D eigenvalue weighted by molar-refractivity contribution is 5.92. The molecule has 0 saturated heterocycles. The van der Waals surface area contributed by atoms with E-state index in [9.17, 15) is 5.11 Å². The maximum absolute atomic E-state index is 9.90. The molecule has 0 radical (unpaired) electrons. The van der Waals surface area contributed by atoms with Crippen molar-refractivity contribution in [2.45, 2.75) is 19.6 Å². The number of rotatable bonds is 5. The SMILES string of the molecule is CC(O)c1cccc(-c2cc(N(C)Cc3ccccc3)c3nonc3c2)c1. The largest absolute Gasteiger partial charge is 0.389 e. The molecule has 5 heteroatoms.